The molecular formula is C23H21ClN2O2S2. The predicted molar refractivity (Wildman–Crippen MR) is 126 cm³/mol. The number of amides is 1. The summed E-state index contributed by atoms with van der Waals surface area (Å²) in [6.07, 6.45) is 0.121. The molecule has 3 aromatic rings. The Morgan fingerprint density at radius 1 is 1.07 bits per heavy atom. The van der Waals surface area contributed by atoms with Crippen LogP contribution in [0.5, 0.6) is 0 Å². The molecule has 0 spiro atoms. The average molecular weight is 457 g/mol. The van der Waals surface area contributed by atoms with Gasteiger partial charge in [0.15, 0.2) is 5.78 Å². The molecule has 2 aromatic carbocycles. The number of carbonyl (C=O) groups is 2. The molecule has 1 aliphatic heterocycles. The number of hydrogen-bond acceptors (Lipinski definition) is 5. The van der Waals surface area contributed by atoms with E-state index in [1.54, 1.807) is 24.3 Å². The van der Waals surface area contributed by atoms with Gasteiger partial charge in [-0.25, -0.2) is 0 Å². The minimum Gasteiger partial charge on any atom is -0.378 e. The number of piperidine rings is 1. The lowest BCUT2D eigenvalue weighted by Gasteiger charge is -2.46. The van der Waals surface area contributed by atoms with Gasteiger partial charge >= 0.3 is 0 Å². The van der Waals surface area contributed by atoms with Crippen LogP contribution in [0.15, 0.2) is 65.4 Å². The number of thiol groups is 1. The summed E-state index contributed by atoms with van der Waals surface area (Å²) >= 11 is 12.5. The van der Waals surface area contributed by atoms with Gasteiger partial charge in [-0.2, -0.15) is 11.3 Å². The maximum atomic E-state index is 13.5. The number of carbonyl (C=O) groups excluding carboxylic acids is 2. The summed E-state index contributed by atoms with van der Waals surface area (Å²) in [5, 5.41) is 4.32. The highest BCUT2D eigenvalue weighted by Crippen LogP contribution is 2.48. The summed E-state index contributed by atoms with van der Waals surface area (Å²) < 4.78 is 1.43. The van der Waals surface area contributed by atoms with Crippen LogP contribution in [0.4, 0.5) is 5.69 Å². The molecule has 0 N–H and O–H groups in total. The number of Topliss-reactive ketones (excluding diaryl/α,β-unsaturated/α-hetero) is 1. The van der Waals surface area contributed by atoms with E-state index in [-0.39, 0.29) is 18.1 Å². The Balaban J connectivity index is 1.84. The van der Waals surface area contributed by atoms with Gasteiger partial charge < -0.3 is 4.90 Å². The predicted octanol–water partition coefficient (Wildman–Crippen LogP) is 5.14. The van der Waals surface area contributed by atoms with Gasteiger partial charge in [0.1, 0.15) is 11.5 Å². The molecule has 4 nitrogen and oxygen atoms in total. The number of benzene rings is 2. The van der Waals surface area contributed by atoms with Crippen molar-refractivity contribution in [1.82, 2.24) is 4.31 Å². The number of hydrogen-bond donors (Lipinski definition) is 1. The molecule has 7 heteroatoms. The Kier molecular flexibility index (Phi) is 5.66. The molecular weight excluding hydrogens is 436 g/mol. The van der Waals surface area contributed by atoms with Crippen LogP contribution < -0.4 is 4.90 Å². The zero-order valence-electron chi connectivity index (χ0n) is 16.6. The number of ketones is 1. The zero-order valence-corrected chi connectivity index (χ0v) is 19.0. The second-order valence-electron chi connectivity index (χ2n) is 7.56. The van der Waals surface area contributed by atoms with Crippen molar-refractivity contribution in [3.05, 3.63) is 87.1 Å². The van der Waals surface area contributed by atoms with Gasteiger partial charge in [-0.3, -0.25) is 13.9 Å². The molecule has 0 saturated carbocycles. The van der Waals surface area contributed by atoms with Crippen LogP contribution in [-0.2, 0) is 15.1 Å². The van der Waals surface area contributed by atoms with Crippen LogP contribution in [0.2, 0.25) is 5.02 Å². The summed E-state index contributed by atoms with van der Waals surface area (Å²) in [5.41, 5.74) is 2.31. The number of thiophene rings is 1. The van der Waals surface area contributed by atoms with Crippen molar-refractivity contribution in [2.75, 3.05) is 19.0 Å². The summed E-state index contributed by atoms with van der Waals surface area (Å²) in [7, 11) is 3.94. The molecule has 1 saturated heterocycles. The van der Waals surface area contributed by atoms with Crippen LogP contribution in [0.3, 0.4) is 0 Å². The first-order chi connectivity index (χ1) is 14.4. The highest BCUT2D eigenvalue weighted by molar-refractivity contribution is 7.78. The molecule has 1 aromatic heterocycles. The Bertz CT molecular complexity index is 1080. The summed E-state index contributed by atoms with van der Waals surface area (Å²) in [5.74, 6) is -1.49. The average Bonchev–Trinajstić information content (AvgIpc) is 3.27. The first-order valence-corrected chi connectivity index (χ1v) is 11.2. The second kappa shape index (κ2) is 8.10. The minimum atomic E-state index is -0.972. The molecule has 1 fully saturated rings. The maximum absolute atomic E-state index is 13.5. The van der Waals surface area contributed by atoms with Crippen LogP contribution in [-0.4, -0.2) is 30.1 Å². The first-order valence-electron chi connectivity index (χ1n) is 9.47. The monoisotopic (exact) mass is 456 g/mol. The van der Waals surface area contributed by atoms with E-state index < -0.39 is 11.5 Å². The highest BCUT2D eigenvalue weighted by atomic mass is 35.5. The normalized spacial score (nSPS) is 21.7. The Morgan fingerprint density at radius 3 is 2.37 bits per heavy atom. The Labute approximate surface area is 190 Å². The SMILES string of the molecule is CN(C)c1ccc(C2(c3ccsc3)CC(=O)C(c3ccccc3Cl)C(=O)N2S)cc1. The van der Waals surface area contributed by atoms with Gasteiger partial charge in [0.05, 0.1) is 0 Å². The second-order valence-corrected chi connectivity index (χ2v) is 9.15. The number of rotatable bonds is 4. The number of halogens is 1. The van der Waals surface area contributed by atoms with Crippen molar-refractivity contribution in [1.29, 1.82) is 0 Å². The quantitative estimate of drug-likeness (QED) is 0.436. The molecule has 0 aliphatic carbocycles. The third kappa shape index (κ3) is 3.33. The number of anilines is 1. The van der Waals surface area contributed by atoms with Crippen molar-refractivity contribution >= 4 is 53.1 Å². The van der Waals surface area contributed by atoms with Gasteiger partial charge in [0.25, 0.3) is 0 Å². The van der Waals surface area contributed by atoms with E-state index in [4.69, 9.17) is 11.6 Å². The number of nitrogens with zero attached hydrogens (tertiary/aromatic N) is 2. The summed E-state index contributed by atoms with van der Waals surface area (Å²) in [6.45, 7) is 0. The van der Waals surface area contributed by atoms with E-state index in [0.717, 1.165) is 16.8 Å². The molecule has 154 valence electrons. The third-order valence-corrected chi connectivity index (χ3v) is 7.21. The van der Waals surface area contributed by atoms with Gasteiger partial charge in [0.2, 0.25) is 5.91 Å². The van der Waals surface area contributed by atoms with Crippen LogP contribution in [0.1, 0.15) is 29.0 Å². The molecule has 1 aliphatic rings. The van der Waals surface area contributed by atoms with Crippen molar-refractivity contribution < 1.29 is 9.59 Å². The summed E-state index contributed by atoms with van der Waals surface area (Å²) in [4.78, 5) is 28.9. The molecule has 2 unspecified atom stereocenters. The fourth-order valence-electron chi connectivity index (χ4n) is 4.04. The van der Waals surface area contributed by atoms with E-state index in [1.807, 2.05) is 60.1 Å². The van der Waals surface area contributed by atoms with E-state index in [2.05, 4.69) is 12.8 Å². The van der Waals surface area contributed by atoms with Crippen molar-refractivity contribution in [2.45, 2.75) is 17.9 Å². The molecule has 0 radical (unpaired) electrons. The fraction of sp³-hybridized carbons (Fsp3) is 0.217. The lowest BCUT2D eigenvalue weighted by Crippen LogP contribution is -2.54. The molecule has 2 atom stereocenters. The van der Waals surface area contributed by atoms with Gasteiger partial charge in [0, 0.05) is 31.2 Å². The van der Waals surface area contributed by atoms with Gasteiger partial charge in [-0.05, 0) is 51.7 Å². The van der Waals surface area contributed by atoms with E-state index in [9.17, 15) is 9.59 Å². The van der Waals surface area contributed by atoms with Crippen LogP contribution >= 0.6 is 35.8 Å². The van der Waals surface area contributed by atoms with Crippen LogP contribution in [0.25, 0.3) is 0 Å². The van der Waals surface area contributed by atoms with E-state index in [0.29, 0.717) is 10.6 Å². The van der Waals surface area contributed by atoms with Crippen molar-refractivity contribution in [3.63, 3.8) is 0 Å². The minimum absolute atomic E-state index is 0.121. The maximum Gasteiger partial charge on any atom is 0.248 e. The molecule has 4 rings (SSSR count). The standard InChI is InChI=1S/C23H21ClN2O2S2/c1-25(2)17-9-7-15(8-10-17)23(16-11-12-30-14-16)13-20(27)21(22(28)26(23)29)18-5-3-4-6-19(18)24/h3-12,14,21,29H,13H2,1-2H3. The van der Waals surface area contributed by atoms with Crippen molar-refractivity contribution in [2.24, 2.45) is 0 Å². The lowest BCUT2D eigenvalue weighted by atomic mass is 9.73. The van der Waals surface area contributed by atoms with Crippen LogP contribution in [0, 0.1) is 0 Å². The molecule has 0 bridgehead atoms. The van der Waals surface area contributed by atoms with E-state index in [1.165, 1.54) is 15.6 Å². The zero-order chi connectivity index (χ0) is 21.5. The smallest absolute Gasteiger partial charge is 0.248 e. The largest absolute Gasteiger partial charge is 0.378 e. The highest BCUT2D eigenvalue weighted by Gasteiger charge is 2.52. The Morgan fingerprint density at radius 2 is 1.77 bits per heavy atom. The summed E-state index contributed by atoms with van der Waals surface area (Å²) in [6, 6.07) is 16.8. The fourth-order valence-corrected chi connectivity index (χ4v) is 5.43. The molecule has 1 amide bonds. The van der Waals surface area contributed by atoms with Crippen molar-refractivity contribution in [3.8, 4) is 0 Å². The van der Waals surface area contributed by atoms with E-state index >= 15 is 0 Å². The van der Waals surface area contributed by atoms with Gasteiger partial charge in [-0.15, -0.1) is 0 Å². The lowest BCUT2D eigenvalue weighted by molar-refractivity contribution is -0.142. The third-order valence-electron chi connectivity index (χ3n) is 5.65. The topological polar surface area (TPSA) is 40.6 Å². The van der Waals surface area contributed by atoms with Gasteiger partial charge in [-0.1, -0.05) is 54.7 Å². The molecule has 2 heterocycles. The Hall–Kier alpha value is -2.28. The molecule has 30 heavy (non-hydrogen) atoms. The first kappa shape index (κ1) is 21.0.